The SMILES string of the molecule is Cc1cc(C(=O)N2CCC[C@H](CCC(=O)N3CCN(Cc4ccccc4)CC3)C2)nc(C)n1. The molecule has 2 aromatic rings. The quantitative estimate of drug-likeness (QED) is 0.678. The lowest BCUT2D eigenvalue weighted by Crippen LogP contribution is -2.48. The molecule has 2 aliphatic rings. The van der Waals surface area contributed by atoms with E-state index in [0.717, 1.165) is 64.2 Å². The zero-order valence-electron chi connectivity index (χ0n) is 19.9. The standard InChI is InChI=1S/C26H35N5O2/c1-20-17-24(28-21(2)27-20)26(33)31-12-6-9-23(19-31)10-11-25(32)30-15-13-29(14-16-30)18-22-7-4-3-5-8-22/h3-5,7-8,17,23H,6,9-16,18-19H2,1-2H3/t23-/m1/s1. The van der Waals surface area contributed by atoms with Crippen LogP contribution in [0.4, 0.5) is 0 Å². The highest BCUT2D eigenvalue weighted by Gasteiger charge is 2.27. The molecule has 0 aliphatic carbocycles. The number of carbonyl (C=O) groups excluding carboxylic acids is 2. The summed E-state index contributed by atoms with van der Waals surface area (Å²) in [6.45, 7) is 9.55. The lowest BCUT2D eigenvalue weighted by atomic mass is 9.93. The van der Waals surface area contributed by atoms with Crippen molar-refractivity contribution in [1.29, 1.82) is 0 Å². The van der Waals surface area contributed by atoms with Gasteiger partial charge in [0.1, 0.15) is 11.5 Å². The number of nitrogens with zero attached hydrogens (tertiary/aromatic N) is 5. The molecule has 176 valence electrons. The van der Waals surface area contributed by atoms with Gasteiger partial charge in [0.2, 0.25) is 5.91 Å². The van der Waals surface area contributed by atoms with E-state index < -0.39 is 0 Å². The molecule has 0 saturated carbocycles. The normalized spacial score (nSPS) is 19.5. The maximum atomic E-state index is 13.0. The molecule has 2 saturated heterocycles. The monoisotopic (exact) mass is 449 g/mol. The van der Waals surface area contributed by atoms with Crippen molar-refractivity contribution in [2.45, 2.75) is 46.1 Å². The second kappa shape index (κ2) is 10.9. The van der Waals surface area contributed by atoms with E-state index in [4.69, 9.17) is 0 Å². The van der Waals surface area contributed by atoms with E-state index in [1.165, 1.54) is 5.56 Å². The molecule has 0 radical (unpaired) electrons. The van der Waals surface area contributed by atoms with Gasteiger partial charge < -0.3 is 9.80 Å². The summed E-state index contributed by atoms with van der Waals surface area (Å²) in [5, 5.41) is 0. The first-order valence-electron chi connectivity index (χ1n) is 12.1. The van der Waals surface area contributed by atoms with Crippen molar-refractivity contribution in [3.05, 3.63) is 59.2 Å². The van der Waals surface area contributed by atoms with Gasteiger partial charge in [-0.05, 0) is 50.7 Å². The molecule has 2 amide bonds. The number of aryl methyl sites for hydroxylation is 2. The summed E-state index contributed by atoms with van der Waals surface area (Å²) < 4.78 is 0. The topological polar surface area (TPSA) is 69.6 Å². The van der Waals surface area contributed by atoms with Gasteiger partial charge in [-0.15, -0.1) is 0 Å². The zero-order valence-corrected chi connectivity index (χ0v) is 19.9. The van der Waals surface area contributed by atoms with Crippen LogP contribution in [0.15, 0.2) is 36.4 Å². The van der Waals surface area contributed by atoms with Crippen LogP contribution in [0.2, 0.25) is 0 Å². The smallest absolute Gasteiger partial charge is 0.272 e. The highest BCUT2D eigenvalue weighted by atomic mass is 16.2. The van der Waals surface area contributed by atoms with Gasteiger partial charge >= 0.3 is 0 Å². The molecular formula is C26H35N5O2. The first-order valence-corrected chi connectivity index (χ1v) is 12.1. The summed E-state index contributed by atoms with van der Waals surface area (Å²) in [5.74, 6) is 1.23. The van der Waals surface area contributed by atoms with Crippen LogP contribution in [-0.2, 0) is 11.3 Å². The largest absolute Gasteiger partial charge is 0.340 e. The summed E-state index contributed by atoms with van der Waals surface area (Å²) >= 11 is 0. The molecule has 2 fully saturated rings. The van der Waals surface area contributed by atoms with Crippen molar-refractivity contribution >= 4 is 11.8 Å². The number of aromatic nitrogens is 2. The Hall–Kier alpha value is -2.80. The molecule has 7 nitrogen and oxygen atoms in total. The first kappa shape index (κ1) is 23.4. The predicted octanol–water partition coefficient (Wildman–Crippen LogP) is 3.07. The highest BCUT2D eigenvalue weighted by molar-refractivity contribution is 5.92. The van der Waals surface area contributed by atoms with Crippen LogP contribution in [0.1, 0.15) is 53.3 Å². The fourth-order valence-corrected chi connectivity index (χ4v) is 4.96. The maximum absolute atomic E-state index is 13.0. The van der Waals surface area contributed by atoms with E-state index in [2.05, 4.69) is 39.1 Å². The summed E-state index contributed by atoms with van der Waals surface area (Å²) in [7, 11) is 0. The van der Waals surface area contributed by atoms with Crippen LogP contribution in [0.3, 0.4) is 0 Å². The van der Waals surface area contributed by atoms with Gasteiger partial charge in [-0.3, -0.25) is 14.5 Å². The van der Waals surface area contributed by atoms with Gasteiger partial charge in [0, 0.05) is 57.9 Å². The van der Waals surface area contributed by atoms with Crippen LogP contribution in [0.25, 0.3) is 0 Å². The Morgan fingerprint density at radius 3 is 2.45 bits per heavy atom. The summed E-state index contributed by atoms with van der Waals surface area (Å²) in [4.78, 5) is 40.7. The summed E-state index contributed by atoms with van der Waals surface area (Å²) in [6.07, 6.45) is 3.46. The van der Waals surface area contributed by atoms with Gasteiger partial charge in [-0.2, -0.15) is 0 Å². The van der Waals surface area contributed by atoms with Crippen LogP contribution in [0, 0.1) is 19.8 Å². The first-order chi connectivity index (χ1) is 16.0. The molecule has 33 heavy (non-hydrogen) atoms. The Morgan fingerprint density at radius 2 is 1.73 bits per heavy atom. The van der Waals surface area contributed by atoms with E-state index in [0.29, 0.717) is 30.4 Å². The van der Waals surface area contributed by atoms with E-state index in [9.17, 15) is 9.59 Å². The van der Waals surface area contributed by atoms with Crippen LogP contribution >= 0.6 is 0 Å². The molecule has 0 N–H and O–H groups in total. The van der Waals surface area contributed by atoms with E-state index in [-0.39, 0.29) is 11.8 Å². The zero-order chi connectivity index (χ0) is 23.2. The number of hydrogen-bond acceptors (Lipinski definition) is 5. The third kappa shape index (κ3) is 6.38. The van der Waals surface area contributed by atoms with Crippen molar-refractivity contribution in [3.8, 4) is 0 Å². The van der Waals surface area contributed by atoms with E-state index in [1.54, 1.807) is 6.07 Å². The fraction of sp³-hybridized carbons (Fsp3) is 0.538. The molecular weight excluding hydrogens is 414 g/mol. The molecule has 0 unspecified atom stereocenters. The maximum Gasteiger partial charge on any atom is 0.272 e. The Kier molecular flexibility index (Phi) is 7.70. The average molecular weight is 450 g/mol. The molecule has 0 spiro atoms. The second-order valence-electron chi connectivity index (χ2n) is 9.38. The van der Waals surface area contributed by atoms with Crippen LogP contribution in [-0.4, -0.2) is 75.8 Å². The second-order valence-corrected chi connectivity index (χ2v) is 9.38. The molecule has 2 aliphatic heterocycles. The van der Waals surface area contributed by atoms with Gasteiger partial charge in [0.25, 0.3) is 5.91 Å². The van der Waals surface area contributed by atoms with Gasteiger partial charge in [-0.25, -0.2) is 9.97 Å². The average Bonchev–Trinajstić information content (AvgIpc) is 2.83. The lowest BCUT2D eigenvalue weighted by molar-refractivity contribution is -0.133. The fourth-order valence-electron chi connectivity index (χ4n) is 4.96. The number of amides is 2. The number of piperidine rings is 1. The number of benzene rings is 1. The number of carbonyl (C=O) groups is 2. The number of likely N-dealkylation sites (tertiary alicyclic amines) is 1. The van der Waals surface area contributed by atoms with Crippen LogP contribution < -0.4 is 0 Å². The van der Waals surface area contributed by atoms with E-state index >= 15 is 0 Å². The lowest BCUT2D eigenvalue weighted by Gasteiger charge is -2.36. The van der Waals surface area contributed by atoms with Gasteiger partial charge in [0.05, 0.1) is 0 Å². The third-order valence-corrected chi connectivity index (χ3v) is 6.73. The summed E-state index contributed by atoms with van der Waals surface area (Å²) in [6, 6.07) is 12.3. The van der Waals surface area contributed by atoms with Crippen molar-refractivity contribution in [1.82, 2.24) is 24.7 Å². The Morgan fingerprint density at radius 1 is 0.970 bits per heavy atom. The van der Waals surface area contributed by atoms with Crippen molar-refractivity contribution in [2.75, 3.05) is 39.3 Å². The summed E-state index contributed by atoms with van der Waals surface area (Å²) in [5.41, 5.74) is 2.61. The number of piperazine rings is 1. The molecule has 1 aromatic carbocycles. The molecule has 4 rings (SSSR count). The minimum atomic E-state index is -0.0193. The number of hydrogen-bond donors (Lipinski definition) is 0. The number of rotatable bonds is 6. The molecule has 0 bridgehead atoms. The third-order valence-electron chi connectivity index (χ3n) is 6.73. The Balaban J connectivity index is 1.22. The minimum Gasteiger partial charge on any atom is -0.340 e. The highest BCUT2D eigenvalue weighted by Crippen LogP contribution is 2.23. The van der Waals surface area contributed by atoms with Gasteiger partial charge in [-0.1, -0.05) is 30.3 Å². The minimum absolute atomic E-state index is 0.0193. The Bertz CT molecular complexity index is 936. The molecule has 7 heteroatoms. The van der Waals surface area contributed by atoms with E-state index in [1.807, 2.05) is 29.7 Å². The Labute approximate surface area is 196 Å². The molecule has 1 atom stereocenters. The van der Waals surface area contributed by atoms with Crippen LogP contribution in [0.5, 0.6) is 0 Å². The predicted molar refractivity (Wildman–Crippen MR) is 128 cm³/mol. The molecule has 1 aromatic heterocycles. The van der Waals surface area contributed by atoms with Crippen molar-refractivity contribution < 1.29 is 9.59 Å². The van der Waals surface area contributed by atoms with Crippen molar-refractivity contribution in [2.24, 2.45) is 5.92 Å². The van der Waals surface area contributed by atoms with Crippen molar-refractivity contribution in [3.63, 3.8) is 0 Å². The molecule has 3 heterocycles. The van der Waals surface area contributed by atoms with Gasteiger partial charge in [0.15, 0.2) is 0 Å².